The van der Waals surface area contributed by atoms with Crippen molar-refractivity contribution >= 4 is 0 Å². The summed E-state index contributed by atoms with van der Waals surface area (Å²) < 4.78 is 0. The fraction of sp³-hybridized carbons (Fsp3) is 0.190. The molecule has 0 aliphatic carbocycles. The van der Waals surface area contributed by atoms with Gasteiger partial charge in [0.15, 0.2) is 0 Å². The van der Waals surface area contributed by atoms with Crippen molar-refractivity contribution in [1.29, 1.82) is 0 Å². The van der Waals surface area contributed by atoms with E-state index < -0.39 is 0 Å². The van der Waals surface area contributed by atoms with Gasteiger partial charge in [-0.05, 0) is 0 Å². The van der Waals surface area contributed by atoms with Crippen LogP contribution in [0.2, 0.25) is 0 Å². The third-order valence-corrected chi connectivity index (χ3v) is 3.47. The summed E-state index contributed by atoms with van der Waals surface area (Å²) in [5.74, 6) is 0. The molecular formula is C21H25ClZr. The second-order valence-corrected chi connectivity index (χ2v) is 5.27. The van der Waals surface area contributed by atoms with Crippen molar-refractivity contribution in [2.24, 2.45) is 0 Å². The standard InChI is InChI=1S/2C7H9.C7H7.ClH.Zr/c2*1-6-4-3-5-7(6)2;1-7-5-3-2-4-6-7;;/h2*3-5H,1-2H3;2-6H,1H2;1H;/q3*-1;;+4/p-1. The molecule has 0 nitrogen and oxygen atoms in total. The zero-order valence-electron chi connectivity index (χ0n) is 14.4. The molecule has 2 heteroatoms. The van der Waals surface area contributed by atoms with Crippen molar-refractivity contribution in [2.45, 2.75) is 27.7 Å². The van der Waals surface area contributed by atoms with Crippen molar-refractivity contribution in [3.8, 4) is 0 Å². The molecule has 0 spiro atoms. The third kappa shape index (κ3) is 10.4. The molecule has 0 atom stereocenters. The summed E-state index contributed by atoms with van der Waals surface area (Å²) in [7, 11) is 0. The van der Waals surface area contributed by atoms with E-state index in [9.17, 15) is 0 Å². The molecule has 0 N–H and O–H groups in total. The molecule has 0 fully saturated rings. The second kappa shape index (κ2) is 13.4. The fourth-order valence-electron chi connectivity index (χ4n) is 1.68. The number of hydrogen-bond acceptors (Lipinski definition) is 0. The minimum absolute atomic E-state index is 0. The van der Waals surface area contributed by atoms with Gasteiger partial charge in [0.1, 0.15) is 0 Å². The summed E-state index contributed by atoms with van der Waals surface area (Å²) in [5.41, 5.74) is 6.63. The van der Waals surface area contributed by atoms with E-state index in [1.807, 2.05) is 30.3 Å². The van der Waals surface area contributed by atoms with Crippen LogP contribution in [0, 0.1) is 34.6 Å². The van der Waals surface area contributed by atoms with E-state index in [1.54, 1.807) is 0 Å². The van der Waals surface area contributed by atoms with Crippen molar-refractivity contribution < 1.29 is 38.6 Å². The van der Waals surface area contributed by atoms with Crippen molar-refractivity contribution in [3.05, 3.63) is 101 Å². The van der Waals surface area contributed by atoms with Crippen LogP contribution in [0.15, 0.2) is 66.7 Å². The van der Waals surface area contributed by atoms with Gasteiger partial charge in [-0.25, -0.2) is 24.3 Å². The van der Waals surface area contributed by atoms with Gasteiger partial charge < -0.3 is 12.4 Å². The summed E-state index contributed by atoms with van der Waals surface area (Å²) in [4.78, 5) is 0. The van der Waals surface area contributed by atoms with Gasteiger partial charge in [0.25, 0.3) is 0 Å². The van der Waals surface area contributed by atoms with Crippen molar-refractivity contribution in [1.82, 2.24) is 0 Å². The van der Waals surface area contributed by atoms with E-state index in [1.165, 1.54) is 22.3 Å². The molecule has 120 valence electrons. The first-order valence-corrected chi connectivity index (χ1v) is 7.25. The van der Waals surface area contributed by atoms with E-state index in [4.69, 9.17) is 0 Å². The quantitative estimate of drug-likeness (QED) is 0.506. The minimum Gasteiger partial charge on any atom is -1.00 e. The summed E-state index contributed by atoms with van der Waals surface area (Å²) in [6.07, 6.45) is 0. The molecule has 0 aliphatic heterocycles. The van der Waals surface area contributed by atoms with Gasteiger partial charge in [-0.3, -0.25) is 0 Å². The SMILES string of the molecule is Cc1ccc[c-]1C.Cc1ccc[c-]1C.[CH2-]c1ccccc1.[Cl-].[Zr+4]. The maximum absolute atomic E-state index is 3.72. The van der Waals surface area contributed by atoms with E-state index in [0.717, 1.165) is 5.56 Å². The monoisotopic (exact) mass is 402 g/mol. The summed E-state index contributed by atoms with van der Waals surface area (Å²) in [6.45, 7) is 12.2. The Bertz CT molecular complexity index is 549. The smallest absolute Gasteiger partial charge is 1.00 e. The third-order valence-electron chi connectivity index (χ3n) is 3.47. The normalized spacial score (nSPS) is 8.35. The number of rotatable bonds is 0. The maximum Gasteiger partial charge on any atom is 4.00 e. The summed E-state index contributed by atoms with van der Waals surface area (Å²) in [6, 6.07) is 22.5. The first kappa shape index (κ1) is 24.2. The fourth-order valence-corrected chi connectivity index (χ4v) is 1.68. The molecule has 3 rings (SSSR count). The number of aryl methyl sites for hydroxylation is 4. The zero-order valence-corrected chi connectivity index (χ0v) is 17.6. The molecule has 0 aromatic heterocycles. The number of halogens is 1. The Balaban J connectivity index is 0. The van der Waals surface area contributed by atoms with Gasteiger partial charge >= 0.3 is 26.2 Å². The molecule has 3 aromatic rings. The summed E-state index contributed by atoms with van der Waals surface area (Å²) >= 11 is 0. The first-order chi connectivity index (χ1) is 10.0. The van der Waals surface area contributed by atoms with Gasteiger partial charge in [-0.2, -0.15) is 59.0 Å². The minimum atomic E-state index is 0. The van der Waals surface area contributed by atoms with Crippen LogP contribution >= 0.6 is 0 Å². The summed E-state index contributed by atoms with van der Waals surface area (Å²) in [5, 5.41) is 0. The van der Waals surface area contributed by atoms with Crippen molar-refractivity contribution in [2.75, 3.05) is 0 Å². The van der Waals surface area contributed by atoms with Crippen LogP contribution in [0.4, 0.5) is 0 Å². The molecular weight excluding hydrogens is 379 g/mol. The Labute approximate surface area is 167 Å². The number of benzene rings is 1. The van der Waals surface area contributed by atoms with Gasteiger partial charge in [0, 0.05) is 0 Å². The van der Waals surface area contributed by atoms with E-state index in [2.05, 4.69) is 71.0 Å². The average Bonchev–Trinajstić information content (AvgIpc) is 3.02. The van der Waals surface area contributed by atoms with Crippen LogP contribution in [0.1, 0.15) is 27.8 Å². The molecule has 0 radical (unpaired) electrons. The van der Waals surface area contributed by atoms with Crippen LogP contribution in [-0.2, 0) is 26.2 Å². The van der Waals surface area contributed by atoms with E-state index in [0.29, 0.717) is 0 Å². The molecule has 0 heterocycles. The zero-order chi connectivity index (χ0) is 15.7. The van der Waals surface area contributed by atoms with Crippen molar-refractivity contribution in [3.63, 3.8) is 0 Å². The van der Waals surface area contributed by atoms with E-state index in [-0.39, 0.29) is 38.6 Å². The Morgan fingerprint density at radius 1 is 0.696 bits per heavy atom. The molecule has 3 aromatic carbocycles. The molecule has 0 unspecified atom stereocenters. The largest absolute Gasteiger partial charge is 4.00 e. The Morgan fingerprint density at radius 2 is 1.09 bits per heavy atom. The van der Waals surface area contributed by atoms with Gasteiger partial charge in [-0.15, -0.1) is 12.1 Å². The first-order valence-electron chi connectivity index (χ1n) is 7.25. The number of hydrogen-bond donors (Lipinski definition) is 0. The van der Waals surface area contributed by atoms with Gasteiger partial charge in [-0.1, -0.05) is 33.8 Å². The molecule has 0 aliphatic rings. The van der Waals surface area contributed by atoms with Crippen LogP contribution < -0.4 is 12.4 Å². The van der Waals surface area contributed by atoms with Crippen LogP contribution in [-0.4, -0.2) is 0 Å². The van der Waals surface area contributed by atoms with Gasteiger partial charge in [0.2, 0.25) is 0 Å². The Hall–Kier alpha value is -1.04. The second-order valence-electron chi connectivity index (χ2n) is 5.27. The van der Waals surface area contributed by atoms with Crippen LogP contribution in [0.5, 0.6) is 0 Å². The molecule has 0 saturated carbocycles. The Morgan fingerprint density at radius 3 is 1.22 bits per heavy atom. The predicted octanol–water partition coefficient (Wildman–Crippen LogP) is 2.91. The topological polar surface area (TPSA) is 0 Å². The van der Waals surface area contributed by atoms with Gasteiger partial charge in [0.05, 0.1) is 0 Å². The molecule has 0 saturated heterocycles. The van der Waals surface area contributed by atoms with E-state index >= 15 is 0 Å². The molecule has 0 bridgehead atoms. The maximum atomic E-state index is 3.72. The van der Waals surface area contributed by atoms with Crippen LogP contribution in [0.25, 0.3) is 0 Å². The Kier molecular flexibility index (Phi) is 14.1. The molecule has 0 amide bonds. The predicted molar refractivity (Wildman–Crippen MR) is 93.9 cm³/mol. The molecule has 23 heavy (non-hydrogen) atoms. The average molecular weight is 404 g/mol. The van der Waals surface area contributed by atoms with Crippen LogP contribution in [0.3, 0.4) is 0 Å².